The van der Waals surface area contributed by atoms with Crippen LogP contribution < -0.4 is 0 Å². The molecule has 1 heterocycles. The summed E-state index contributed by atoms with van der Waals surface area (Å²) >= 11 is 7.84. The number of amidine groups is 1. The zero-order valence-electron chi connectivity index (χ0n) is 12.4. The molecular formula is C17H23ClN2S. The Bertz CT molecular complexity index is 480. The second-order valence-electron chi connectivity index (χ2n) is 5.92. The smallest absolute Gasteiger partial charge is 0.159 e. The van der Waals surface area contributed by atoms with E-state index in [0.717, 1.165) is 23.4 Å². The molecule has 0 saturated heterocycles. The Morgan fingerprint density at radius 3 is 2.62 bits per heavy atom. The van der Waals surface area contributed by atoms with Crippen molar-refractivity contribution >= 4 is 28.5 Å². The van der Waals surface area contributed by atoms with Gasteiger partial charge in [0, 0.05) is 29.9 Å². The summed E-state index contributed by atoms with van der Waals surface area (Å²) in [5.74, 6) is 0.985. The summed E-state index contributed by atoms with van der Waals surface area (Å²) in [7, 11) is 0. The summed E-state index contributed by atoms with van der Waals surface area (Å²) in [4.78, 5) is 7.38. The van der Waals surface area contributed by atoms with Gasteiger partial charge < -0.3 is 4.90 Å². The molecule has 0 bridgehead atoms. The highest BCUT2D eigenvalue weighted by Gasteiger charge is 2.25. The summed E-state index contributed by atoms with van der Waals surface area (Å²) in [5, 5.41) is 2.07. The first kappa shape index (κ1) is 15.2. The molecular weight excluding hydrogens is 300 g/mol. The van der Waals surface area contributed by atoms with Crippen LogP contribution >= 0.6 is 23.4 Å². The van der Waals surface area contributed by atoms with Gasteiger partial charge in [0.05, 0.1) is 0 Å². The van der Waals surface area contributed by atoms with E-state index >= 15 is 0 Å². The molecule has 1 aromatic rings. The van der Waals surface area contributed by atoms with Crippen molar-refractivity contribution in [1.82, 2.24) is 4.90 Å². The lowest BCUT2D eigenvalue weighted by Crippen LogP contribution is -2.43. The van der Waals surface area contributed by atoms with Crippen molar-refractivity contribution in [3.05, 3.63) is 34.9 Å². The van der Waals surface area contributed by atoms with E-state index in [1.807, 2.05) is 23.9 Å². The molecule has 21 heavy (non-hydrogen) atoms. The number of halogens is 1. The van der Waals surface area contributed by atoms with Gasteiger partial charge in [-0.2, -0.15) is 0 Å². The summed E-state index contributed by atoms with van der Waals surface area (Å²) in [6, 6.07) is 8.90. The molecule has 1 aliphatic heterocycles. The number of benzene rings is 1. The van der Waals surface area contributed by atoms with Gasteiger partial charge in [0.15, 0.2) is 5.17 Å². The van der Waals surface area contributed by atoms with Crippen LogP contribution in [0.4, 0.5) is 0 Å². The lowest BCUT2D eigenvalue weighted by atomic mass is 9.94. The van der Waals surface area contributed by atoms with Gasteiger partial charge in [0.25, 0.3) is 0 Å². The molecule has 1 aliphatic carbocycles. The van der Waals surface area contributed by atoms with Crippen molar-refractivity contribution in [2.75, 3.05) is 13.1 Å². The van der Waals surface area contributed by atoms with Gasteiger partial charge in [-0.1, -0.05) is 54.8 Å². The third kappa shape index (κ3) is 4.17. The van der Waals surface area contributed by atoms with Crippen LogP contribution in [0.15, 0.2) is 29.3 Å². The normalized spacial score (nSPS) is 20.4. The summed E-state index contributed by atoms with van der Waals surface area (Å²) < 4.78 is 0. The maximum Gasteiger partial charge on any atom is 0.159 e. The van der Waals surface area contributed by atoms with Gasteiger partial charge in [0.1, 0.15) is 0 Å². The Morgan fingerprint density at radius 2 is 1.86 bits per heavy atom. The summed E-state index contributed by atoms with van der Waals surface area (Å²) in [6.45, 7) is 2.18. The minimum Gasteiger partial charge on any atom is -0.348 e. The predicted octanol–water partition coefficient (Wildman–Crippen LogP) is 4.97. The van der Waals surface area contributed by atoms with Crippen LogP contribution in [0, 0.1) is 0 Å². The Kier molecular flexibility index (Phi) is 5.48. The van der Waals surface area contributed by atoms with Gasteiger partial charge in [0.2, 0.25) is 0 Å². The van der Waals surface area contributed by atoms with Crippen molar-refractivity contribution in [1.29, 1.82) is 0 Å². The average Bonchev–Trinajstić information content (AvgIpc) is 2.55. The van der Waals surface area contributed by atoms with Crippen LogP contribution in [0.5, 0.6) is 0 Å². The molecule has 0 atom stereocenters. The van der Waals surface area contributed by atoms with Crippen LogP contribution in [0.2, 0.25) is 5.02 Å². The third-order valence-corrected chi connectivity index (χ3v) is 5.70. The Morgan fingerprint density at radius 1 is 1.10 bits per heavy atom. The van der Waals surface area contributed by atoms with Crippen LogP contribution in [0.25, 0.3) is 0 Å². The minimum atomic E-state index is 0.732. The largest absolute Gasteiger partial charge is 0.348 e. The van der Waals surface area contributed by atoms with Gasteiger partial charge >= 0.3 is 0 Å². The lowest BCUT2D eigenvalue weighted by molar-refractivity contribution is 0.239. The van der Waals surface area contributed by atoms with Crippen molar-refractivity contribution in [3.63, 3.8) is 0 Å². The first-order valence-corrected chi connectivity index (χ1v) is 9.37. The molecule has 1 saturated carbocycles. The molecule has 0 amide bonds. The number of nitrogens with zero attached hydrogens (tertiary/aromatic N) is 2. The maximum absolute atomic E-state index is 5.95. The molecule has 3 rings (SSSR count). The molecule has 0 aromatic heterocycles. The van der Waals surface area contributed by atoms with Gasteiger partial charge in [-0.3, -0.25) is 4.99 Å². The Balaban J connectivity index is 1.61. The molecule has 0 N–H and O–H groups in total. The topological polar surface area (TPSA) is 15.6 Å². The standard InChI is InChI=1S/C17H23ClN2S/c18-15-9-7-14(8-10-15)13-21-17-19-11-4-12-20(17)16-5-2-1-3-6-16/h7-10,16H,1-6,11-13H2. The number of thioether (sulfide) groups is 1. The monoisotopic (exact) mass is 322 g/mol. The minimum absolute atomic E-state index is 0.732. The van der Waals surface area contributed by atoms with E-state index < -0.39 is 0 Å². The molecule has 114 valence electrons. The molecule has 2 aliphatic rings. The van der Waals surface area contributed by atoms with E-state index in [-0.39, 0.29) is 0 Å². The van der Waals surface area contributed by atoms with E-state index in [9.17, 15) is 0 Å². The van der Waals surface area contributed by atoms with Crippen LogP contribution in [-0.4, -0.2) is 29.2 Å². The predicted molar refractivity (Wildman–Crippen MR) is 93.2 cm³/mol. The number of aliphatic imine (C=N–C) groups is 1. The number of rotatable bonds is 3. The zero-order chi connectivity index (χ0) is 14.5. The fourth-order valence-electron chi connectivity index (χ4n) is 3.19. The van der Waals surface area contributed by atoms with Crippen molar-refractivity contribution in [3.8, 4) is 0 Å². The van der Waals surface area contributed by atoms with E-state index in [1.165, 1.54) is 55.8 Å². The number of hydrogen-bond donors (Lipinski definition) is 0. The van der Waals surface area contributed by atoms with E-state index in [0.29, 0.717) is 0 Å². The highest BCUT2D eigenvalue weighted by Crippen LogP contribution is 2.28. The van der Waals surface area contributed by atoms with Crippen LogP contribution in [-0.2, 0) is 5.75 Å². The van der Waals surface area contributed by atoms with Crippen molar-refractivity contribution < 1.29 is 0 Å². The van der Waals surface area contributed by atoms with Gasteiger partial charge in [-0.15, -0.1) is 0 Å². The quantitative estimate of drug-likeness (QED) is 0.781. The molecule has 0 unspecified atom stereocenters. The molecule has 4 heteroatoms. The summed E-state index contributed by atoms with van der Waals surface area (Å²) in [6.07, 6.45) is 8.09. The first-order valence-electron chi connectivity index (χ1n) is 8.01. The Hall–Kier alpha value is -0.670. The fraction of sp³-hybridized carbons (Fsp3) is 0.588. The SMILES string of the molecule is Clc1ccc(CSC2=NCCCN2C2CCCCC2)cc1. The summed E-state index contributed by atoms with van der Waals surface area (Å²) in [5.41, 5.74) is 1.32. The highest BCUT2D eigenvalue weighted by molar-refractivity contribution is 8.13. The third-order valence-electron chi connectivity index (χ3n) is 4.35. The van der Waals surface area contributed by atoms with Crippen LogP contribution in [0.3, 0.4) is 0 Å². The van der Waals surface area contributed by atoms with Crippen molar-refractivity contribution in [2.45, 2.75) is 50.3 Å². The van der Waals surface area contributed by atoms with E-state index in [2.05, 4.69) is 17.0 Å². The van der Waals surface area contributed by atoms with Gasteiger partial charge in [-0.05, 0) is 37.0 Å². The second kappa shape index (κ2) is 7.55. The lowest BCUT2D eigenvalue weighted by Gasteiger charge is -2.38. The second-order valence-corrected chi connectivity index (χ2v) is 7.30. The number of hydrogen-bond acceptors (Lipinski definition) is 3. The average molecular weight is 323 g/mol. The molecule has 0 radical (unpaired) electrons. The van der Waals surface area contributed by atoms with E-state index in [4.69, 9.17) is 16.6 Å². The fourth-order valence-corrected chi connectivity index (χ4v) is 4.39. The zero-order valence-corrected chi connectivity index (χ0v) is 14.0. The first-order chi connectivity index (χ1) is 10.3. The highest BCUT2D eigenvalue weighted by atomic mass is 35.5. The molecule has 1 aromatic carbocycles. The molecule has 1 fully saturated rings. The molecule has 0 spiro atoms. The van der Waals surface area contributed by atoms with Gasteiger partial charge in [-0.25, -0.2) is 0 Å². The van der Waals surface area contributed by atoms with Crippen molar-refractivity contribution in [2.24, 2.45) is 4.99 Å². The van der Waals surface area contributed by atoms with E-state index in [1.54, 1.807) is 0 Å². The van der Waals surface area contributed by atoms with Crippen LogP contribution in [0.1, 0.15) is 44.1 Å². The Labute approximate surface area is 137 Å². The molecule has 2 nitrogen and oxygen atoms in total. The maximum atomic E-state index is 5.95.